The summed E-state index contributed by atoms with van der Waals surface area (Å²) >= 11 is 0. The first kappa shape index (κ1) is 20.9. The average Bonchev–Trinajstić information content (AvgIpc) is 2.77. The molecule has 0 radical (unpaired) electrons. The Morgan fingerprint density at radius 1 is 1.11 bits per heavy atom. The smallest absolute Gasteiger partial charge is 0.220 e. The van der Waals surface area contributed by atoms with Gasteiger partial charge in [0, 0.05) is 31.6 Å². The molecule has 0 unspecified atom stereocenters. The number of nitrogens with one attached hydrogen (secondary N) is 1. The Bertz CT molecular complexity index is 593. The predicted octanol–water partition coefficient (Wildman–Crippen LogP) is 3.01. The molecule has 1 saturated carbocycles. The van der Waals surface area contributed by atoms with E-state index in [9.17, 15) is 4.79 Å². The number of hydrogen-bond acceptors (Lipinski definition) is 5. The van der Waals surface area contributed by atoms with Crippen molar-refractivity contribution in [3.05, 3.63) is 24.3 Å². The Balaban J connectivity index is 1.39. The molecule has 2 fully saturated rings. The number of amides is 1. The summed E-state index contributed by atoms with van der Waals surface area (Å²) in [5.74, 6) is 1.73. The molecule has 1 aliphatic heterocycles. The molecule has 1 saturated heterocycles. The van der Waals surface area contributed by atoms with Crippen LogP contribution >= 0.6 is 0 Å². The Hall–Kier alpha value is -1.79. The van der Waals surface area contributed by atoms with Crippen LogP contribution in [0.2, 0.25) is 0 Å². The van der Waals surface area contributed by atoms with Gasteiger partial charge in [0.25, 0.3) is 0 Å². The number of carbonyl (C=O) groups is 1. The quantitative estimate of drug-likeness (QED) is 0.657. The standard InChI is InChI=1S/C22H34N2O4/c1-26-19-7-9-20(10-8-19)28-15-5-6-21(25)23-18-22(11-3-2-4-12-22)24-13-16-27-17-14-24/h7-10H,2-6,11-18H2,1H3,(H,23,25). The van der Waals surface area contributed by atoms with Crippen molar-refractivity contribution < 1.29 is 19.0 Å². The lowest BCUT2D eigenvalue weighted by Gasteiger charge is -2.48. The first-order valence-corrected chi connectivity index (χ1v) is 10.6. The van der Waals surface area contributed by atoms with Gasteiger partial charge in [0.1, 0.15) is 11.5 Å². The lowest BCUT2D eigenvalue weighted by atomic mass is 9.79. The molecule has 1 aromatic rings. The highest BCUT2D eigenvalue weighted by molar-refractivity contribution is 5.75. The summed E-state index contributed by atoms with van der Waals surface area (Å²) in [5.41, 5.74) is 0.122. The third-order valence-electron chi connectivity index (χ3n) is 5.96. The van der Waals surface area contributed by atoms with Crippen LogP contribution in [0.3, 0.4) is 0 Å². The van der Waals surface area contributed by atoms with Gasteiger partial charge in [-0.1, -0.05) is 19.3 Å². The van der Waals surface area contributed by atoms with Gasteiger partial charge in [-0.3, -0.25) is 9.69 Å². The zero-order chi connectivity index (χ0) is 19.7. The van der Waals surface area contributed by atoms with Crippen LogP contribution in [0.25, 0.3) is 0 Å². The Labute approximate surface area is 168 Å². The number of benzene rings is 1. The normalized spacial score (nSPS) is 19.8. The van der Waals surface area contributed by atoms with Crippen molar-refractivity contribution in [1.82, 2.24) is 10.2 Å². The van der Waals surface area contributed by atoms with Crippen molar-refractivity contribution in [2.24, 2.45) is 0 Å². The molecule has 0 bridgehead atoms. The first-order chi connectivity index (χ1) is 13.7. The van der Waals surface area contributed by atoms with E-state index in [4.69, 9.17) is 14.2 Å². The van der Waals surface area contributed by atoms with Gasteiger partial charge in [0.2, 0.25) is 5.91 Å². The monoisotopic (exact) mass is 390 g/mol. The van der Waals surface area contributed by atoms with Gasteiger partial charge in [0.15, 0.2) is 0 Å². The molecule has 0 spiro atoms. The van der Waals surface area contributed by atoms with Gasteiger partial charge < -0.3 is 19.5 Å². The highest BCUT2D eigenvalue weighted by Gasteiger charge is 2.38. The lowest BCUT2D eigenvalue weighted by Crippen LogP contribution is -2.59. The Morgan fingerprint density at radius 2 is 1.79 bits per heavy atom. The zero-order valence-electron chi connectivity index (χ0n) is 17.1. The largest absolute Gasteiger partial charge is 0.497 e. The van der Waals surface area contributed by atoms with Crippen molar-refractivity contribution in [2.75, 3.05) is 46.6 Å². The summed E-state index contributed by atoms with van der Waals surface area (Å²) in [6, 6.07) is 7.51. The van der Waals surface area contributed by atoms with Crippen LogP contribution < -0.4 is 14.8 Å². The number of methoxy groups -OCH3 is 1. The van der Waals surface area contributed by atoms with E-state index in [0.29, 0.717) is 19.4 Å². The van der Waals surface area contributed by atoms with E-state index >= 15 is 0 Å². The van der Waals surface area contributed by atoms with Crippen molar-refractivity contribution in [1.29, 1.82) is 0 Å². The summed E-state index contributed by atoms with van der Waals surface area (Å²) in [6.45, 7) is 4.85. The third-order valence-corrected chi connectivity index (χ3v) is 5.96. The van der Waals surface area contributed by atoms with Gasteiger partial charge in [-0.15, -0.1) is 0 Å². The maximum atomic E-state index is 12.4. The second-order valence-corrected chi connectivity index (χ2v) is 7.79. The van der Waals surface area contributed by atoms with Gasteiger partial charge in [-0.05, 0) is 43.5 Å². The second kappa shape index (κ2) is 10.7. The number of morpholine rings is 1. The van der Waals surface area contributed by atoms with Crippen LogP contribution in [0.15, 0.2) is 24.3 Å². The van der Waals surface area contributed by atoms with E-state index in [2.05, 4.69) is 10.2 Å². The van der Waals surface area contributed by atoms with Crippen LogP contribution in [-0.2, 0) is 9.53 Å². The van der Waals surface area contributed by atoms with Crippen LogP contribution in [0.4, 0.5) is 0 Å². The minimum atomic E-state index is 0.122. The number of rotatable bonds is 9. The van der Waals surface area contributed by atoms with Crippen LogP contribution in [-0.4, -0.2) is 62.9 Å². The summed E-state index contributed by atoms with van der Waals surface area (Å²) in [4.78, 5) is 14.9. The topological polar surface area (TPSA) is 60.0 Å². The highest BCUT2D eigenvalue weighted by atomic mass is 16.5. The van der Waals surface area contributed by atoms with Gasteiger partial charge in [-0.2, -0.15) is 0 Å². The van der Waals surface area contributed by atoms with Gasteiger partial charge in [-0.25, -0.2) is 0 Å². The maximum absolute atomic E-state index is 12.4. The predicted molar refractivity (Wildman–Crippen MR) is 109 cm³/mol. The molecule has 28 heavy (non-hydrogen) atoms. The lowest BCUT2D eigenvalue weighted by molar-refractivity contribution is -0.122. The van der Waals surface area contributed by atoms with Crippen molar-refractivity contribution in [3.8, 4) is 11.5 Å². The fourth-order valence-corrected chi connectivity index (χ4v) is 4.30. The highest BCUT2D eigenvalue weighted by Crippen LogP contribution is 2.33. The molecule has 1 heterocycles. The minimum Gasteiger partial charge on any atom is -0.497 e. The molecule has 0 atom stereocenters. The third kappa shape index (κ3) is 5.85. The number of nitrogens with zero attached hydrogens (tertiary/aromatic N) is 1. The van der Waals surface area contributed by atoms with Crippen LogP contribution in [0.5, 0.6) is 11.5 Å². The molecule has 0 aromatic heterocycles. The Kier molecular flexibility index (Phi) is 7.98. The van der Waals surface area contributed by atoms with Gasteiger partial charge >= 0.3 is 0 Å². The summed E-state index contributed by atoms with van der Waals surface area (Å²) in [7, 11) is 1.64. The summed E-state index contributed by atoms with van der Waals surface area (Å²) in [5, 5.41) is 3.21. The molecule has 156 valence electrons. The number of carbonyl (C=O) groups excluding carboxylic acids is 1. The number of ether oxygens (including phenoxy) is 3. The van der Waals surface area contributed by atoms with Crippen molar-refractivity contribution in [2.45, 2.75) is 50.5 Å². The molecule has 1 aromatic carbocycles. The average molecular weight is 391 g/mol. The number of hydrogen-bond donors (Lipinski definition) is 1. The minimum absolute atomic E-state index is 0.122. The molecule has 6 heteroatoms. The SMILES string of the molecule is COc1ccc(OCCCC(=O)NCC2(N3CCOCC3)CCCCC2)cc1. The summed E-state index contributed by atoms with van der Waals surface area (Å²) < 4.78 is 16.4. The second-order valence-electron chi connectivity index (χ2n) is 7.79. The van der Waals surface area contributed by atoms with E-state index in [-0.39, 0.29) is 11.4 Å². The molecule has 6 nitrogen and oxygen atoms in total. The molecule has 1 amide bonds. The maximum Gasteiger partial charge on any atom is 0.220 e. The van der Waals surface area contributed by atoms with Crippen molar-refractivity contribution in [3.63, 3.8) is 0 Å². The van der Waals surface area contributed by atoms with E-state index in [1.165, 1.54) is 32.1 Å². The summed E-state index contributed by atoms with van der Waals surface area (Å²) in [6.07, 6.45) is 7.37. The van der Waals surface area contributed by atoms with Gasteiger partial charge in [0.05, 0.1) is 26.9 Å². The van der Waals surface area contributed by atoms with E-state index in [0.717, 1.165) is 44.3 Å². The molecular weight excluding hydrogens is 356 g/mol. The first-order valence-electron chi connectivity index (χ1n) is 10.6. The van der Waals surface area contributed by atoms with E-state index in [1.54, 1.807) is 7.11 Å². The van der Waals surface area contributed by atoms with E-state index < -0.39 is 0 Å². The Morgan fingerprint density at radius 3 is 2.46 bits per heavy atom. The molecule has 2 aliphatic rings. The van der Waals surface area contributed by atoms with Crippen molar-refractivity contribution >= 4 is 5.91 Å². The fourth-order valence-electron chi connectivity index (χ4n) is 4.30. The molecule has 1 aliphatic carbocycles. The fraction of sp³-hybridized carbons (Fsp3) is 0.682. The molecular formula is C22H34N2O4. The molecule has 3 rings (SSSR count). The zero-order valence-corrected chi connectivity index (χ0v) is 17.1. The van der Waals surface area contributed by atoms with Crippen LogP contribution in [0, 0.1) is 0 Å². The van der Waals surface area contributed by atoms with Crippen LogP contribution in [0.1, 0.15) is 44.9 Å². The molecule has 1 N–H and O–H groups in total. The van der Waals surface area contributed by atoms with E-state index in [1.807, 2.05) is 24.3 Å².